The average molecular weight is 554 g/mol. The van der Waals surface area contributed by atoms with Gasteiger partial charge in [-0.05, 0) is 61.6 Å². The zero-order valence-electron chi connectivity index (χ0n) is 21.7. The minimum absolute atomic E-state index is 0.0811. The standard InChI is InChI=1S/C28H27F4N7O/c1-2-39-25-18(11-20(26(39)40)24-21(28(30,31)32)12-17(14-34-24)16-3-4-16)15-35-27(37-25)36-19-5-6-23(22(29)13-19)38-9-7-33-8-10-38/h5-6,11-16,33H,2-4,7-10H2,1H3,(H,35,36,37). The minimum atomic E-state index is -4.67. The molecule has 0 amide bonds. The van der Waals surface area contributed by atoms with Crippen LogP contribution in [0.15, 0.2) is 47.5 Å². The molecule has 1 saturated carbocycles. The first-order valence-electron chi connectivity index (χ1n) is 13.2. The molecule has 0 bridgehead atoms. The number of piperazine rings is 1. The van der Waals surface area contributed by atoms with Crippen molar-refractivity contribution in [2.24, 2.45) is 0 Å². The van der Waals surface area contributed by atoms with Crippen LogP contribution in [0, 0.1) is 5.82 Å². The number of hydrogen-bond donors (Lipinski definition) is 2. The van der Waals surface area contributed by atoms with Crippen LogP contribution in [-0.4, -0.2) is 45.7 Å². The van der Waals surface area contributed by atoms with E-state index in [0.717, 1.165) is 32.0 Å². The predicted molar refractivity (Wildman–Crippen MR) is 144 cm³/mol. The van der Waals surface area contributed by atoms with Crippen LogP contribution in [0.1, 0.15) is 36.8 Å². The van der Waals surface area contributed by atoms with E-state index in [-0.39, 0.29) is 35.4 Å². The maximum atomic E-state index is 14.9. The Kier molecular flexibility index (Phi) is 6.65. The van der Waals surface area contributed by atoms with Crippen molar-refractivity contribution in [2.45, 2.75) is 38.4 Å². The Bertz CT molecular complexity index is 1640. The van der Waals surface area contributed by atoms with Crippen molar-refractivity contribution in [3.05, 3.63) is 70.0 Å². The molecule has 2 aliphatic rings. The van der Waals surface area contributed by atoms with E-state index in [2.05, 4.69) is 25.6 Å². The summed E-state index contributed by atoms with van der Waals surface area (Å²) in [5.74, 6) is -0.180. The lowest BCUT2D eigenvalue weighted by Crippen LogP contribution is -2.43. The van der Waals surface area contributed by atoms with Gasteiger partial charge in [-0.25, -0.2) is 9.37 Å². The fraction of sp³-hybridized carbons (Fsp3) is 0.357. The summed E-state index contributed by atoms with van der Waals surface area (Å²) in [6.07, 6.45) is -0.157. The monoisotopic (exact) mass is 553 g/mol. The summed E-state index contributed by atoms with van der Waals surface area (Å²) in [4.78, 5) is 28.3. The van der Waals surface area contributed by atoms with E-state index in [9.17, 15) is 22.4 Å². The number of hydrogen-bond acceptors (Lipinski definition) is 7. The van der Waals surface area contributed by atoms with Gasteiger partial charge in [-0.15, -0.1) is 0 Å². The quantitative estimate of drug-likeness (QED) is 0.323. The molecule has 12 heteroatoms. The molecule has 4 heterocycles. The predicted octanol–water partition coefficient (Wildman–Crippen LogP) is 5.06. The molecule has 3 aromatic heterocycles. The number of aromatic nitrogens is 4. The summed E-state index contributed by atoms with van der Waals surface area (Å²) in [5.41, 5.74) is -0.431. The average Bonchev–Trinajstić information content (AvgIpc) is 3.78. The SMILES string of the molecule is CCn1c(=O)c(-c2ncc(C3CC3)cc2C(F)(F)F)cc2cnc(Nc3ccc(N4CCNCC4)c(F)c3)nc21. The fourth-order valence-electron chi connectivity index (χ4n) is 5.11. The number of fused-ring (bicyclic) bond motifs is 1. The molecule has 0 radical (unpaired) electrons. The molecular formula is C28H27F4N7O. The van der Waals surface area contributed by atoms with Crippen molar-refractivity contribution in [1.29, 1.82) is 0 Å². The highest BCUT2D eigenvalue weighted by molar-refractivity contribution is 5.82. The second-order valence-electron chi connectivity index (χ2n) is 10.0. The van der Waals surface area contributed by atoms with Crippen LogP contribution in [0.5, 0.6) is 0 Å². The molecule has 1 aliphatic carbocycles. The number of nitrogens with zero attached hydrogens (tertiary/aromatic N) is 5. The van der Waals surface area contributed by atoms with Gasteiger partial charge in [0.25, 0.3) is 5.56 Å². The summed E-state index contributed by atoms with van der Waals surface area (Å²) < 4.78 is 58.3. The van der Waals surface area contributed by atoms with E-state index in [0.29, 0.717) is 35.4 Å². The Morgan fingerprint density at radius 1 is 1.07 bits per heavy atom. The lowest BCUT2D eigenvalue weighted by molar-refractivity contribution is -0.137. The smallest absolute Gasteiger partial charge is 0.367 e. The third kappa shape index (κ3) is 4.99. The normalized spacial score (nSPS) is 16.0. The van der Waals surface area contributed by atoms with Crippen LogP contribution < -0.4 is 21.1 Å². The lowest BCUT2D eigenvalue weighted by Gasteiger charge is -2.29. The van der Waals surface area contributed by atoms with Gasteiger partial charge in [0.1, 0.15) is 11.5 Å². The summed E-state index contributed by atoms with van der Waals surface area (Å²) in [6.45, 7) is 4.85. The van der Waals surface area contributed by atoms with Crippen LogP contribution in [0.4, 0.5) is 34.9 Å². The van der Waals surface area contributed by atoms with Gasteiger partial charge in [0, 0.05) is 56.2 Å². The summed E-state index contributed by atoms with van der Waals surface area (Å²) >= 11 is 0. The van der Waals surface area contributed by atoms with Gasteiger partial charge in [-0.1, -0.05) is 0 Å². The van der Waals surface area contributed by atoms with Crippen molar-refractivity contribution in [3.63, 3.8) is 0 Å². The van der Waals surface area contributed by atoms with Gasteiger partial charge >= 0.3 is 6.18 Å². The summed E-state index contributed by atoms with van der Waals surface area (Å²) in [5, 5.41) is 6.58. The number of nitrogens with one attached hydrogen (secondary N) is 2. The second kappa shape index (κ2) is 10.2. The molecule has 40 heavy (non-hydrogen) atoms. The summed E-state index contributed by atoms with van der Waals surface area (Å²) in [7, 11) is 0. The van der Waals surface area contributed by atoms with E-state index >= 15 is 0 Å². The zero-order valence-corrected chi connectivity index (χ0v) is 21.7. The van der Waals surface area contributed by atoms with Crippen LogP contribution in [0.2, 0.25) is 0 Å². The Balaban J connectivity index is 1.36. The highest BCUT2D eigenvalue weighted by Crippen LogP contribution is 2.43. The largest absolute Gasteiger partial charge is 0.418 e. The van der Waals surface area contributed by atoms with Crippen molar-refractivity contribution in [3.8, 4) is 11.3 Å². The third-order valence-electron chi connectivity index (χ3n) is 7.32. The van der Waals surface area contributed by atoms with E-state index in [1.807, 2.05) is 4.90 Å². The van der Waals surface area contributed by atoms with E-state index < -0.39 is 23.0 Å². The maximum Gasteiger partial charge on any atom is 0.418 e. The van der Waals surface area contributed by atoms with Crippen molar-refractivity contribution >= 4 is 28.4 Å². The van der Waals surface area contributed by atoms with Gasteiger partial charge in [0.2, 0.25) is 5.95 Å². The Hall–Kier alpha value is -4.06. The molecule has 0 atom stereocenters. The van der Waals surface area contributed by atoms with Gasteiger partial charge in [0.15, 0.2) is 0 Å². The first kappa shape index (κ1) is 26.2. The lowest BCUT2D eigenvalue weighted by atomic mass is 10.0. The molecule has 1 aromatic carbocycles. The zero-order chi connectivity index (χ0) is 28.0. The van der Waals surface area contributed by atoms with E-state index in [1.165, 1.54) is 29.1 Å². The molecule has 2 fully saturated rings. The number of anilines is 3. The van der Waals surface area contributed by atoms with E-state index in [4.69, 9.17) is 0 Å². The van der Waals surface area contributed by atoms with E-state index in [1.54, 1.807) is 19.1 Å². The van der Waals surface area contributed by atoms with Crippen molar-refractivity contribution in [1.82, 2.24) is 24.8 Å². The van der Waals surface area contributed by atoms with Gasteiger partial charge in [0.05, 0.1) is 22.5 Å². The van der Waals surface area contributed by atoms with Gasteiger partial charge in [-0.3, -0.25) is 14.3 Å². The second-order valence-corrected chi connectivity index (χ2v) is 10.0. The maximum absolute atomic E-state index is 14.9. The highest BCUT2D eigenvalue weighted by atomic mass is 19.4. The fourth-order valence-corrected chi connectivity index (χ4v) is 5.11. The number of rotatable bonds is 6. The van der Waals surface area contributed by atoms with Gasteiger partial charge in [-0.2, -0.15) is 18.2 Å². The topological polar surface area (TPSA) is 88.0 Å². The first-order valence-corrected chi connectivity index (χ1v) is 13.2. The minimum Gasteiger partial charge on any atom is -0.367 e. The number of benzene rings is 1. The number of aryl methyl sites for hydroxylation is 1. The molecule has 8 nitrogen and oxygen atoms in total. The molecule has 4 aromatic rings. The Labute approximate surface area is 227 Å². The van der Waals surface area contributed by atoms with Crippen LogP contribution in [0.3, 0.4) is 0 Å². The number of pyridine rings is 2. The Morgan fingerprint density at radius 2 is 1.85 bits per heavy atom. The third-order valence-corrected chi connectivity index (χ3v) is 7.32. The van der Waals surface area contributed by atoms with Crippen LogP contribution >= 0.6 is 0 Å². The highest BCUT2D eigenvalue weighted by Gasteiger charge is 2.37. The molecule has 208 valence electrons. The van der Waals surface area contributed by atoms with Crippen molar-refractivity contribution < 1.29 is 17.6 Å². The molecular weight excluding hydrogens is 526 g/mol. The molecule has 6 rings (SSSR count). The van der Waals surface area contributed by atoms with Crippen molar-refractivity contribution in [2.75, 3.05) is 36.4 Å². The van der Waals surface area contributed by atoms with Crippen LogP contribution in [-0.2, 0) is 12.7 Å². The molecule has 1 aliphatic heterocycles. The van der Waals surface area contributed by atoms with Crippen LogP contribution in [0.25, 0.3) is 22.3 Å². The molecule has 0 unspecified atom stereocenters. The molecule has 0 spiro atoms. The number of alkyl halides is 3. The summed E-state index contributed by atoms with van der Waals surface area (Å²) in [6, 6.07) is 7.23. The Morgan fingerprint density at radius 3 is 2.52 bits per heavy atom. The number of halogens is 4. The first-order chi connectivity index (χ1) is 19.2. The molecule has 2 N–H and O–H groups in total. The van der Waals surface area contributed by atoms with Gasteiger partial charge < -0.3 is 15.5 Å². The molecule has 1 saturated heterocycles.